The fourth-order valence-electron chi connectivity index (χ4n) is 1.61. The second-order valence-corrected chi connectivity index (χ2v) is 6.54. The molecule has 0 saturated heterocycles. The Kier molecular flexibility index (Phi) is 8.86. The van der Waals surface area contributed by atoms with Crippen LogP contribution in [0.2, 0.25) is 0 Å². The van der Waals surface area contributed by atoms with Crippen LogP contribution in [0.4, 0.5) is 26.3 Å². The Bertz CT molecular complexity index is 540. The lowest BCUT2D eigenvalue weighted by molar-refractivity contribution is -0.211. The first-order valence-corrected chi connectivity index (χ1v) is 7.82. The first-order valence-electron chi connectivity index (χ1n) is 7.29. The van der Waals surface area contributed by atoms with E-state index in [1.165, 1.54) is 20.8 Å². The fraction of sp³-hybridized carbons (Fsp3) is 0.786. The molecule has 0 spiro atoms. The molecule has 13 heteroatoms. The third-order valence-corrected chi connectivity index (χ3v) is 2.87. The minimum Gasteiger partial charge on any atom is -0.460 e. The molecule has 158 valence electrons. The van der Waals surface area contributed by atoms with E-state index in [4.69, 9.17) is 16.3 Å². The lowest BCUT2D eigenvalue weighted by Gasteiger charge is -2.25. The molecule has 0 aromatic heterocycles. The van der Waals surface area contributed by atoms with Crippen molar-refractivity contribution in [3.8, 4) is 0 Å². The second-order valence-electron chi connectivity index (χ2n) is 6.23. The van der Waals surface area contributed by atoms with E-state index in [-0.39, 0.29) is 0 Å². The van der Waals surface area contributed by atoms with E-state index in [1.807, 2.05) is 0 Å². The van der Waals surface area contributed by atoms with Crippen LogP contribution in [-0.2, 0) is 28.6 Å². The maximum absolute atomic E-state index is 12.4. The van der Waals surface area contributed by atoms with E-state index in [2.05, 4.69) is 9.47 Å². The number of carbonyl (C=O) groups excluding carboxylic acids is 3. The quantitative estimate of drug-likeness (QED) is 0.267. The van der Waals surface area contributed by atoms with Gasteiger partial charge in [-0.3, -0.25) is 4.79 Å². The zero-order valence-electron chi connectivity index (χ0n) is 14.4. The maximum Gasteiger partial charge on any atom is 0.490 e. The number of hydrogen-bond donors (Lipinski definition) is 0. The van der Waals surface area contributed by atoms with Crippen LogP contribution in [-0.4, -0.2) is 53.9 Å². The standard InChI is InChI=1S/C14H17ClF6O6/c1-12(2,3)27-9(22)5-7(25-10(23)13(16,17)18)4-8(6-15)26-11(24)14(19,20)21/h7-8H,4-6H2,1-3H3. The van der Waals surface area contributed by atoms with Gasteiger partial charge in [0.1, 0.15) is 17.8 Å². The van der Waals surface area contributed by atoms with Gasteiger partial charge < -0.3 is 14.2 Å². The number of ether oxygens (including phenoxy) is 3. The average molecular weight is 431 g/mol. The number of halogens is 7. The Morgan fingerprint density at radius 3 is 1.59 bits per heavy atom. The smallest absolute Gasteiger partial charge is 0.460 e. The Morgan fingerprint density at radius 1 is 0.852 bits per heavy atom. The highest BCUT2D eigenvalue weighted by molar-refractivity contribution is 6.18. The van der Waals surface area contributed by atoms with Crippen molar-refractivity contribution < 1.29 is 54.9 Å². The van der Waals surface area contributed by atoms with E-state index in [0.29, 0.717) is 0 Å². The molecule has 2 atom stereocenters. The Balaban J connectivity index is 5.23. The molecule has 0 saturated carbocycles. The van der Waals surface area contributed by atoms with E-state index in [1.54, 1.807) is 0 Å². The van der Waals surface area contributed by atoms with Crippen LogP contribution < -0.4 is 0 Å². The van der Waals surface area contributed by atoms with Crippen molar-refractivity contribution in [3.05, 3.63) is 0 Å². The molecule has 27 heavy (non-hydrogen) atoms. The maximum atomic E-state index is 12.4. The van der Waals surface area contributed by atoms with Crippen LogP contribution in [0.15, 0.2) is 0 Å². The predicted molar refractivity (Wildman–Crippen MR) is 77.7 cm³/mol. The molecular formula is C14H17ClF6O6. The molecule has 0 rings (SSSR count). The number of hydrogen-bond acceptors (Lipinski definition) is 6. The van der Waals surface area contributed by atoms with Crippen LogP contribution in [0.1, 0.15) is 33.6 Å². The summed E-state index contributed by atoms with van der Waals surface area (Å²) in [6.07, 6.45) is -16.2. The lowest BCUT2D eigenvalue weighted by Crippen LogP contribution is -2.37. The van der Waals surface area contributed by atoms with E-state index < -0.39 is 66.8 Å². The number of esters is 3. The molecule has 0 aliphatic rings. The molecule has 2 unspecified atom stereocenters. The van der Waals surface area contributed by atoms with Crippen LogP contribution in [0.5, 0.6) is 0 Å². The molecule has 0 heterocycles. The fourth-order valence-corrected chi connectivity index (χ4v) is 1.80. The SMILES string of the molecule is CC(C)(C)OC(=O)CC(CC(CCl)OC(=O)C(F)(F)F)OC(=O)C(F)(F)F. The summed E-state index contributed by atoms with van der Waals surface area (Å²) in [6, 6.07) is 0. The third-order valence-electron chi connectivity index (χ3n) is 2.52. The first kappa shape index (κ1) is 25.3. The summed E-state index contributed by atoms with van der Waals surface area (Å²) in [5.41, 5.74) is -1.02. The average Bonchev–Trinajstić information content (AvgIpc) is 2.41. The van der Waals surface area contributed by atoms with Crippen molar-refractivity contribution in [3.63, 3.8) is 0 Å². The molecular weight excluding hydrogens is 414 g/mol. The first-order chi connectivity index (χ1) is 12.0. The van der Waals surface area contributed by atoms with Crippen LogP contribution in [0.3, 0.4) is 0 Å². The van der Waals surface area contributed by atoms with Crippen LogP contribution >= 0.6 is 11.6 Å². The highest BCUT2D eigenvalue weighted by Gasteiger charge is 2.45. The van der Waals surface area contributed by atoms with Gasteiger partial charge in [-0.05, 0) is 20.8 Å². The topological polar surface area (TPSA) is 78.9 Å². The Morgan fingerprint density at radius 2 is 1.26 bits per heavy atom. The van der Waals surface area contributed by atoms with Crippen molar-refractivity contribution in [2.24, 2.45) is 0 Å². The number of carbonyl (C=O) groups is 3. The zero-order chi connectivity index (χ0) is 21.6. The molecule has 0 aromatic carbocycles. The van der Waals surface area contributed by atoms with Crippen molar-refractivity contribution in [1.82, 2.24) is 0 Å². The molecule has 0 aliphatic heterocycles. The van der Waals surface area contributed by atoms with Gasteiger partial charge in [0.25, 0.3) is 0 Å². The van der Waals surface area contributed by atoms with Gasteiger partial charge in [0.2, 0.25) is 0 Å². The van der Waals surface area contributed by atoms with Crippen molar-refractivity contribution >= 4 is 29.5 Å². The summed E-state index contributed by atoms with van der Waals surface area (Å²) in [4.78, 5) is 33.5. The summed E-state index contributed by atoms with van der Waals surface area (Å²) in [5.74, 6) is -7.15. The van der Waals surface area contributed by atoms with Gasteiger partial charge in [0.15, 0.2) is 0 Å². The van der Waals surface area contributed by atoms with Crippen molar-refractivity contribution in [2.75, 3.05) is 5.88 Å². The summed E-state index contributed by atoms with van der Waals surface area (Å²) in [7, 11) is 0. The van der Waals surface area contributed by atoms with Crippen LogP contribution in [0.25, 0.3) is 0 Å². The predicted octanol–water partition coefficient (Wildman–Crippen LogP) is 3.30. The van der Waals surface area contributed by atoms with E-state index in [0.717, 1.165) is 0 Å². The highest BCUT2D eigenvalue weighted by atomic mass is 35.5. The van der Waals surface area contributed by atoms with Crippen molar-refractivity contribution in [1.29, 1.82) is 0 Å². The molecule has 0 radical (unpaired) electrons. The summed E-state index contributed by atoms with van der Waals surface area (Å²) < 4.78 is 86.7. The van der Waals surface area contributed by atoms with E-state index in [9.17, 15) is 40.7 Å². The van der Waals surface area contributed by atoms with Gasteiger partial charge in [0, 0.05) is 6.42 Å². The number of alkyl halides is 7. The third kappa shape index (κ3) is 10.9. The molecule has 0 N–H and O–H groups in total. The monoisotopic (exact) mass is 430 g/mol. The molecule has 0 fully saturated rings. The molecule has 6 nitrogen and oxygen atoms in total. The largest absolute Gasteiger partial charge is 0.490 e. The molecule has 0 aliphatic carbocycles. The lowest BCUT2D eigenvalue weighted by atomic mass is 10.1. The molecule has 0 bridgehead atoms. The van der Waals surface area contributed by atoms with Crippen LogP contribution in [0, 0.1) is 0 Å². The van der Waals surface area contributed by atoms with Crippen molar-refractivity contribution in [2.45, 2.75) is 63.8 Å². The summed E-state index contributed by atoms with van der Waals surface area (Å²) in [6.45, 7) is 4.36. The summed E-state index contributed by atoms with van der Waals surface area (Å²) >= 11 is 5.35. The minimum absolute atomic E-state index is 0.754. The zero-order valence-corrected chi connectivity index (χ0v) is 15.1. The van der Waals surface area contributed by atoms with Gasteiger partial charge in [-0.25, -0.2) is 9.59 Å². The number of rotatable bonds is 7. The normalized spacial score (nSPS) is 14.9. The van der Waals surface area contributed by atoms with Gasteiger partial charge in [-0.15, -0.1) is 11.6 Å². The minimum atomic E-state index is -5.41. The molecule has 0 amide bonds. The van der Waals surface area contributed by atoms with Gasteiger partial charge >= 0.3 is 30.3 Å². The highest BCUT2D eigenvalue weighted by Crippen LogP contribution is 2.24. The second kappa shape index (κ2) is 9.47. The van der Waals surface area contributed by atoms with Gasteiger partial charge in [0.05, 0.1) is 12.3 Å². The Hall–Kier alpha value is -1.72. The summed E-state index contributed by atoms with van der Waals surface area (Å²) in [5, 5.41) is 0. The van der Waals surface area contributed by atoms with Gasteiger partial charge in [-0.2, -0.15) is 26.3 Å². The van der Waals surface area contributed by atoms with Gasteiger partial charge in [-0.1, -0.05) is 0 Å². The van der Waals surface area contributed by atoms with E-state index >= 15 is 0 Å². The Labute approximate surface area is 155 Å². The molecule has 0 aromatic rings.